The first-order chi connectivity index (χ1) is 15.0. The number of esters is 1. The third-order valence-corrected chi connectivity index (χ3v) is 7.80. The highest BCUT2D eigenvalue weighted by Crippen LogP contribution is 2.55. The Morgan fingerprint density at radius 2 is 1.39 bits per heavy atom. The van der Waals surface area contributed by atoms with Crippen LogP contribution < -0.4 is 10.6 Å². The van der Waals surface area contributed by atoms with E-state index in [9.17, 15) is 9.59 Å². The van der Waals surface area contributed by atoms with Gasteiger partial charge in [0, 0.05) is 5.54 Å². The van der Waals surface area contributed by atoms with Crippen molar-refractivity contribution in [2.45, 2.75) is 128 Å². The second kappa shape index (κ2) is 12.1. The number of hydrogen-bond acceptors (Lipinski definition) is 3. The zero-order valence-corrected chi connectivity index (χ0v) is 20.1. The zero-order valence-electron chi connectivity index (χ0n) is 20.1. The molecule has 2 amide bonds. The molecule has 0 radical (unpaired) electrons. The van der Waals surface area contributed by atoms with Crippen molar-refractivity contribution in [2.75, 3.05) is 6.61 Å². The van der Waals surface area contributed by atoms with Crippen LogP contribution in [0, 0.1) is 17.8 Å². The maximum atomic E-state index is 12.9. The van der Waals surface area contributed by atoms with Gasteiger partial charge in [-0.1, -0.05) is 65.2 Å². The highest BCUT2D eigenvalue weighted by molar-refractivity contribution is 5.84. The summed E-state index contributed by atoms with van der Waals surface area (Å²) in [5.74, 6) is 2.09. The Labute approximate surface area is 189 Å². The van der Waals surface area contributed by atoms with E-state index in [0.717, 1.165) is 56.3 Å². The van der Waals surface area contributed by atoms with E-state index in [0.29, 0.717) is 13.0 Å². The first kappa shape index (κ1) is 24.4. The summed E-state index contributed by atoms with van der Waals surface area (Å²) in [6.45, 7) is 4.66. The van der Waals surface area contributed by atoms with Crippen LogP contribution in [0.25, 0.3) is 0 Å². The Morgan fingerprint density at radius 1 is 0.839 bits per heavy atom. The monoisotopic (exact) mass is 434 g/mol. The maximum absolute atomic E-state index is 12.9. The van der Waals surface area contributed by atoms with Gasteiger partial charge in [-0.25, -0.2) is 9.59 Å². The molecule has 5 nitrogen and oxygen atoms in total. The molecule has 0 spiro atoms. The number of unbranched alkanes of at least 4 members (excludes halogenated alkanes) is 7. The number of carbonyl (C=O) groups is 2. The molecule has 1 atom stereocenters. The molecule has 0 aliphatic heterocycles. The van der Waals surface area contributed by atoms with Gasteiger partial charge in [0.15, 0.2) is 0 Å². The fourth-order valence-corrected chi connectivity index (χ4v) is 6.73. The third-order valence-electron chi connectivity index (χ3n) is 7.80. The van der Waals surface area contributed by atoms with Crippen LogP contribution in [0.1, 0.15) is 117 Å². The van der Waals surface area contributed by atoms with Crippen LogP contribution in [0.5, 0.6) is 0 Å². The summed E-state index contributed by atoms with van der Waals surface area (Å²) in [6.07, 6.45) is 18.7. The van der Waals surface area contributed by atoms with Gasteiger partial charge in [0.1, 0.15) is 6.04 Å². The van der Waals surface area contributed by atoms with Crippen LogP contribution in [0.4, 0.5) is 4.79 Å². The van der Waals surface area contributed by atoms with E-state index in [1.54, 1.807) is 0 Å². The van der Waals surface area contributed by atoms with Crippen LogP contribution in [-0.2, 0) is 9.53 Å². The molecule has 4 fully saturated rings. The lowest BCUT2D eigenvalue weighted by molar-refractivity contribution is -0.146. The standard InChI is InChI=1S/C26H46N2O3/c1-3-5-6-7-8-9-10-11-12-23(24(29)31-13-4-2)27-25(30)28-26-17-20-14-21(18-26)16-22(15-20)19-26/h20-23H,3-19H2,1-2H3,(H2,27,28,30). The average molecular weight is 435 g/mol. The van der Waals surface area contributed by atoms with Crippen molar-refractivity contribution in [3.05, 3.63) is 0 Å². The van der Waals surface area contributed by atoms with Gasteiger partial charge in [0.25, 0.3) is 0 Å². The number of carbonyl (C=O) groups excluding carboxylic acids is 2. The van der Waals surface area contributed by atoms with E-state index >= 15 is 0 Å². The van der Waals surface area contributed by atoms with Gasteiger partial charge < -0.3 is 15.4 Å². The summed E-state index contributed by atoms with van der Waals surface area (Å²) in [5.41, 5.74) is -0.0325. The molecule has 4 aliphatic carbocycles. The van der Waals surface area contributed by atoms with Crippen LogP contribution in [0.3, 0.4) is 0 Å². The van der Waals surface area contributed by atoms with Gasteiger partial charge >= 0.3 is 12.0 Å². The Balaban J connectivity index is 1.44. The van der Waals surface area contributed by atoms with Crippen molar-refractivity contribution >= 4 is 12.0 Å². The van der Waals surface area contributed by atoms with Crippen LogP contribution in [0.15, 0.2) is 0 Å². The lowest BCUT2D eigenvalue weighted by Gasteiger charge is -2.56. The van der Waals surface area contributed by atoms with Crippen molar-refractivity contribution in [2.24, 2.45) is 17.8 Å². The maximum Gasteiger partial charge on any atom is 0.328 e. The van der Waals surface area contributed by atoms with E-state index in [1.165, 1.54) is 57.8 Å². The molecule has 5 heteroatoms. The predicted molar refractivity (Wildman–Crippen MR) is 125 cm³/mol. The lowest BCUT2D eigenvalue weighted by atomic mass is 9.53. The van der Waals surface area contributed by atoms with Crippen molar-refractivity contribution in [1.82, 2.24) is 10.6 Å². The highest BCUT2D eigenvalue weighted by Gasteiger charge is 2.51. The van der Waals surface area contributed by atoms with Gasteiger partial charge in [-0.05, 0) is 69.1 Å². The second-order valence-corrected chi connectivity index (χ2v) is 10.8. The SMILES string of the molecule is CCCCCCCCCCC(NC(=O)NC12CC3CC(CC(C3)C1)C2)C(=O)OCCC. The summed E-state index contributed by atoms with van der Waals surface area (Å²) in [6, 6.07) is -0.694. The Morgan fingerprint density at radius 3 is 1.94 bits per heavy atom. The molecular formula is C26H46N2O3. The molecule has 0 saturated heterocycles. The first-order valence-electron chi connectivity index (χ1n) is 13.3. The predicted octanol–water partition coefficient (Wildman–Crippen LogP) is 6.11. The van der Waals surface area contributed by atoms with E-state index in [4.69, 9.17) is 4.74 Å². The van der Waals surface area contributed by atoms with E-state index in [-0.39, 0.29) is 17.5 Å². The smallest absolute Gasteiger partial charge is 0.328 e. The molecule has 4 aliphatic rings. The molecule has 2 N–H and O–H groups in total. The molecule has 4 saturated carbocycles. The van der Waals surface area contributed by atoms with Crippen LogP contribution in [-0.4, -0.2) is 30.2 Å². The molecule has 0 aromatic carbocycles. The van der Waals surface area contributed by atoms with Crippen LogP contribution in [0.2, 0.25) is 0 Å². The molecule has 0 aromatic heterocycles. The van der Waals surface area contributed by atoms with Gasteiger partial charge in [-0.15, -0.1) is 0 Å². The van der Waals surface area contributed by atoms with Gasteiger partial charge in [0.2, 0.25) is 0 Å². The van der Waals surface area contributed by atoms with Gasteiger partial charge in [-0.3, -0.25) is 0 Å². The Kier molecular flexibility index (Phi) is 9.52. The summed E-state index contributed by atoms with van der Waals surface area (Å²) in [7, 11) is 0. The minimum atomic E-state index is -0.527. The minimum Gasteiger partial charge on any atom is -0.464 e. The normalized spacial score (nSPS) is 29.5. The highest BCUT2D eigenvalue weighted by atomic mass is 16.5. The van der Waals surface area contributed by atoms with Crippen molar-refractivity contribution in [3.8, 4) is 0 Å². The van der Waals surface area contributed by atoms with Crippen molar-refractivity contribution in [3.63, 3.8) is 0 Å². The topological polar surface area (TPSA) is 67.4 Å². The third kappa shape index (κ3) is 7.39. The largest absolute Gasteiger partial charge is 0.464 e. The number of ether oxygens (including phenoxy) is 1. The van der Waals surface area contributed by atoms with Gasteiger partial charge in [0.05, 0.1) is 6.61 Å². The molecule has 4 rings (SSSR count). The summed E-state index contributed by atoms with van der Waals surface area (Å²) in [4.78, 5) is 25.5. The molecule has 178 valence electrons. The second-order valence-electron chi connectivity index (χ2n) is 10.8. The Hall–Kier alpha value is -1.26. The van der Waals surface area contributed by atoms with E-state index < -0.39 is 6.04 Å². The first-order valence-corrected chi connectivity index (χ1v) is 13.3. The molecule has 4 bridgehead atoms. The number of nitrogens with one attached hydrogen (secondary N) is 2. The number of amides is 2. The lowest BCUT2D eigenvalue weighted by Crippen LogP contribution is -2.62. The summed E-state index contributed by atoms with van der Waals surface area (Å²) in [5, 5.41) is 6.33. The molecule has 1 unspecified atom stereocenters. The summed E-state index contributed by atoms with van der Waals surface area (Å²) >= 11 is 0. The van der Waals surface area contributed by atoms with Gasteiger partial charge in [-0.2, -0.15) is 0 Å². The molecule has 0 heterocycles. The average Bonchev–Trinajstić information content (AvgIpc) is 2.71. The molecular weight excluding hydrogens is 388 g/mol. The number of rotatable bonds is 14. The minimum absolute atomic E-state index is 0.0325. The summed E-state index contributed by atoms with van der Waals surface area (Å²) < 4.78 is 5.39. The van der Waals surface area contributed by atoms with Crippen molar-refractivity contribution in [1.29, 1.82) is 0 Å². The van der Waals surface area contributed by atoms with Crippen molar-refractivity contribution < 1.29 is 14.3 Å². The number of urea groups is 1. The molecule has 31 heavy (non-hydrogen) atoms. The number of hydrogen-bond donors (Lipinski definition) is 2. The zero-order chi connectivity index (χ0) is 22.1. The quantitative estimate of drug-likeness (QED) is 0.256. The fraction of sp³-hybridized carbons (Fsp3) is 0.923. The van der Waals surface area contributed by atoms with E-state index in [2.05, 4.69) is 17.6 Å². The van der Waals surface area contributed by atoms with Crippen LogP contribution >= 0.6 is 0 Å². The molecule has 0 aromatic rings. The fourth-order valence-electron chi connectivity index (χ4n) is 6.73. The Bertz CT molecular complexity index is 542. The van der Waals surface area contributed by atoms with E-state index in [1.807, 2.05) is 6.92 Å².